The second-order valence-electron chi connectivity index (χ2n) is 5.25. The van der Waals surface area contributed by atoms with Crippen LogP contribution in [0.15, 0.2) is 34.9 Å². The molecular weight excluding hydrogens is 321 g/mol. The van der Waals surface area contributed by atoms with Crippen LogP contribution >= 0.6 is 15.9 Å². The largest absolute Gasteiger partial charge is 0.311 e. The molecule has 0 aliphatic rings. The van der Waals surface area contributed by atoms with Crippen molar-refractivity contribution in [1.82, 2.24) is 15.1 Å². The number of rotatable bonds is 6. The zero-order valence-electron chi connectivity index (χ0n) is 11.7. The minimum atomic E-state index is -0.243. The number of benzene rings is 1. The molecule has 2 aromatic rings. The maximum absolute atomic E-state index is 13.2. The first-order valence-corrected chi connectivity index (χ1v) is 7.51. The predicted octanol–water partition coefficient (Wildman–Crippen LogP) is 3.58. The molecule has 2 rings (SSSR count). The average molecular weight is 340 g/mol. The van der Waals surface area contributed by atoms with Gasteiger partial charge in [-0.15, -0.1) is 0 Å². The summed E-state index contributed by atoms with van der Waals surface area (Å²) >= 11 is 3.21. The van der Waals surface area contributed by atoms with E-state index in [0.717, 1.165) is 24.3 Å². The van der Waals surface area contributed by atoms with Gasteiger partial charge in [-0.25, -0.2) is 4.39 Å². The van der Waals surface area contributed by atoms with Crippen LogP contribution in [0, 0.1) is 11.7 Å². The minimum Gasteiger partial charge on any atom is -0.311 e. The molecule has 0 aliphatic carbocycles. The first kappa shape index (κ1) is 15.2. The molecule has 0 radical (unpaired) electrons. The Labute approximate surface area is 127 Å². The molecular formula is C15H19BrFN3. The molecule has 1 N–H and O–H groups in total. The van der Waals surface area contributed by atoms with Crippen molar-refractivity contribution in [3.05, 3.63) is 52.0 Å². The van der Waals surface area contributed by atoms with Crippen LogP contribution in [-0.4, -0.2) is 16.3 Å². The first-order valence-electron chi connectivity index (χ1n) is 6.71. The van der Waals surface area contributed by atoms with Crippen LogP contribution in [0.5, 0.6) is 0 Å². The zero-order valence-corrected chi connectivity index (χ0v) is 13.3. The van der Waals surface area contributed by atoms with E-state index < -0.39 is 0 Å². The van der Waals surface area contributed by atoms with Gasteiger partial charge in [-0.05, 0) is 52.2 Å². The number of aromatic nitrogens is 2. The molecule has 1 aromatic carbocycles. The van der Waals surface area contributed by atoms with E-state index in [1.807, 2.05) is 10.7 Å². The van der Waals surface area contributed by atoms with E-state index in [-0.39, 0.29) is 5.82 Å². The Kier molecular flexibility index (Phi) is 5.31. The third-order valence-electron chi connectivity index (χ3n) is 2.98. The lowest BCUT2D eigenvalue weighted by Gasteiger charge is -2.10. The summed E-state index contributed by atoms with van der Waals surface area (Å²) in [4.78, 5) is 0. The van der Waals surface area contributed by atoms with Crippen LogP contribution in [0.1, 0.15) is 25.1 Å². The highest BCUT2D eigenvalue weighted by Gasteiger charge is 2.06. The second kappa shape index (κ2) is 6.99. The third-order valence-corrected chi connectivity index (χ3v) is 3.59. The van der Waals surface area contributed by atoms with Gasteiger partial charge in [0.1, 0.15) is 5.82 Å². The smallest absolute Gasteiger partial charge is 0.137 e. The Morgan fingerprint density at radius 1 is 1.35 bits per heavy atom. The van der Waals surface area contributed by atoms with Crippen molar-refractivity contribution in [2.45, 2.75) is 26.9 Å². The lowest BCUT2D eigenvalue weighted by Crippen LogP contribution is -2.21. The molecule has 3 nitrogen and oxygen atoms in total. The summed E-state index contributed by atoms with van der Waals surface area (Å²) in [5.74, 6) is 0.382. The fourth-order valence-electron chi connectivity index (χ4n) is 1.95. The lowest BCUT2D eigenvalue weighted by atomic mass is 10.2. The Bertz CT molecular complexity index is 566. The predicted molar refractivity (Wildman–Crippen MR) is 82.0 cm³/mol. The van der Waals surface area contributed by atoms with Crippen molar-refractivity contribution < 1.29 is 4.39 Å². The van der Waals surface area contributed by atoms with E-state index in [0.29, 0.717) is 16.9 Å². The maximum Gasteiger partial charge on any atom is 0.137 e. The molecule has 108 valence electrons. The monoisotopic (exact) mass is 339 g/mol. The van der Waals surface area contributed by atoms with E-state index in [2.05, 4.69) is 40.2 Å². The fourth-order valence-corrected chi connectivity index (χ4v) is 2.38. The molecule has 0 saturated heterocycles. The van der Waals surface area contributed by atoms with Crippen LogP contribution < -0.4 is 5.32 Å². The van der Waals surface area contributed by atoms with Crippen LogP contribution in [0.25, 0.3) is 0 Å². The summed E-state index contributed by atoms with van der Waals surface area (Å²) < 4.78 is 15.6. The summed E-state index contributed by atoms with van der Waals surface area (Å²) in [6, 6.07) is 7.06. The SMILES string of the molecule is CC(C)CNCc1ccnn1Cc1ccc(F)c(Br)c1. The van der Waals surface area contributed by atoms with E-state index in [4.69, 9.17) is 0 Å². The lowest BCUT2D eigenvalue weighted by molar-refractivity contribution is 0.529. The third kappa shape index (κ3) is 4.15. The Hall–Kier alpha value is -1.20. The summed E-state index contributed by atoms with van der Waals surface area (Å²) in [6.45, 7) is 6.78. The maximum atomic E-state index is 13.2. The minimum absolute atomic E-state index is 0.243. The molecule has 0 aliphatic heterocycles. The molecule has 0 unspecified atom stereocenters. The van der Waals surface area contributed by atoms with Crippen LogP contribution in [0.2, 0.25) is 0 Å². The van der Waals surface area contributed by atoms with Crippen molar-refractivity contribution in [3.63, 3.8) is 0 Å². The highest BCUT2D eigenvalue weighted by molar-refractivity contribution is 9.10. The fraction of sp³-hybridized carbons (Fsp3) is 0.400. The molecule has 0 bridgehead atoms. The molecule has 5 heteroatoms. The van der Waals surface area contributed by atoms with Gasteiger partial charge in [-0.1, -0.05) is 19.9 Å². The molecule has 20 heavy (non-hydrogen) atoms. The van der Waals surface area contributed by atoms with Gasteiger partial charge in [-0.2, -0.15) is 5.10 Å². The average Bonchev–Trinajstić information content (AvgIpc) is 2.81. The summed E-state index contributed by atoms with van der Waals surface area (Å²) in [7, 11) is 0. The molecule has 0 atom stereocenters. The molecule has 0 amide bonds. The molecule has 0 spiro atoms. The van der Waals surface area contributed by atoms with Crippen molar-refractivity contribution >= 4 is 15.9 Å². The van der Waals surface area contributed by atoms with Crippen molar-refractivity contribution in [1.29, 1.82) is 0 Å². The number of hydrogen-bond donors (Lipinski definition) is 1. The van der Waals surface area contributed by atoms with Gasteiger partial charge in [0.05, 0.1) is 16.7 Å². The topological polar surface area (TPSA) is 29.9 Å². The normalized spacial score (nSPS) is 11.2. The number of nitrogens with zero attached hydrogens (tertiary/aromatic N) is 2. The van der Waals surface area contributed by atoms with Gasteiger partial charge < -0.3 is 5.32 Å². The standard InChI is InChI=1S/C15H19BrFN3/c1-11(2)8-18-9-13-5-6-19-20(13)10-12-3-4-15(17)14(16)7-12/h3-7,11,18H,8-10H2,1-2H3. The molecule has 0 saturated carbocycles. The van der Waals surface area contributed by atoms with Crippen LogP contribution in [-0.2, 0) is 13.1 Å². The Morgan fingerprint density at radius 2 is 2.15 bits per heavy atom. The van der Waals surface area contributed by atoms with Gasteiger partial charge in [0, 0.05) is 12.7 Å². The van der Waals surface area contributed by atoms with Crippen molar-refractivity contribution in [2.24, 2.45) is 5.92 Å². The quantitative estimate of drug-likeness (QED) is 0.871. The number of halogens is 2. The molecule has 1 aromatic heterocycles. The number of hydrogen-bond acceptors (Lipinski definition) is 2. The van der Waals surface area contributed by atoms with E-state index in [1.165, 1.54) is 6.07 Å². The highest BCUT2D eigenvalue weighted by Crippen LogP contribution is 2.17. The Morgan fingerprint density at radius 3 is 2.85 bits per heavy atom. The van der Waals surface area contributed by atoms with E-state index in [1.54, 1.807) is 18.3 Å². The summed E-state index contributed by atoms with van der Waals surface area (Å²) in [5, 5.41) is 7.73. The van der Waals surface area contributed by atoms with Gasteiger partial charge in [0.15, 0.2) is 0 Å². The first-order chi connectivity index (χ1) is 9.56. The van der Waals surface area contributed by atoms with Gasteiger partial charge in [0.2, 0.25) is 0 Å². The van der Waals surface area contributed by atoms with Gasteiger partial charge >= 0.3 is 0 Å². The summed E-state index contributed by atoms with van der Waals surface area (Å²) in [6.07, 6.45) is 1.80. The molecule has 0 fully saturated rings. The van der Waals surface area contributed by atoms with Crippen molar-refractivity contribution in [3.8, 4) is 0 Å². The Balaban J connectivity index is 2.02. The zero-order chi connectivity index (χ0) is 14.5. The van der Waals surface area contributed by atoms with Crippen LogP contribution in [0.4, 0.5) is 4.39 Å². The van der Waals surface area contributed by atoms with Crippen molar-refractivity contribution in [2.75, 3.05) is 6.54 Å². The second-order valence-corrected chi connectivity index (χ2v) is 6.11. The van der Waals surface area contributed by atoms with Gasteiger partial charge in [0.25, 0.3) is 0 Å². The highest BCUT2D eigenvalue weighted by atomic mass is 79.9. The number of nitrogens with one attached hydrogen (secondary N) is 1. The molecule has 1 heterocycles. The van der Waals surface area contributed by atoms with E-state index in [9.17, 15) is 4.39 Å². The van der Waals surface area contributed by atoms with Crippen LogP contribution in [0.3, 0.4) is 0 Å². The van der Waals surface area contributed by atoms with Gasteiger partial charge in [-0.3, -0.25) is 4.68 Å². The summed E-state index contributed by atoms with van der Waals surface area (Å²) in [5.41, 5.74) is 2.15. The van der Waals surface area contributed by atoms with E-state index >= 15 is 0 Å².